The average Bonchev–Trinajstić information content (AvgIpc) is 3.05. The normalized spacial score (nSPS) is 43.2. The molecule has 4 aliphatic carbocycles. The molecular weight excluding hydrogens is 465 g/mol. The van der Waals surface area contributed by atoms with Gasteiger partial charge in [0.15, 0.2) is 18.1 Å². The van der Waals surface area contributed by atoms with Crippen LogP contribution in [-0.2, 0) is 14.3 Å². The predicted octanol–water partition coefficient (Wildman–Crippen LogP) is 3.16. The number of ether oxygens (including phenoxy) is 1. The third-order valence-corrected chi connectivity index (χ3v) is 9.90. The summed E-state index contributed by atoms with van der Waals surface area (Å²) in [7, 11) is 0. The molecule has 4 aliphatic rings. The van der Waals surface area contributed by atoms with Crippen LogP contribution in [0.15, 0.2) is 48.3 Å². The molecule has 1 unspecified atom stereocenters. The number of nitrogens with zero attached hydrogens (tertiary/aromatic N) is 1. The molecule has 1 aromatic rings. The van der Waals surface area contributed by atoms with E-state index in [9.17, 15) is 24.6 Å². The van der Waals surface area contributed by atoms with Crippen molar-refractivity contribution in [1.82, 2.24) is 4.98 Å². The molecule has 192 valence electrons. The van der Waals surface area contributed by atoms with Crippen LogP contribution in [0.4, 0.5) is 4.39 Å². The molecule has 5 rings (SSSR count). The zero-order valence-corrected chi connectivity index (χ0v) is 20.7. The standard InChI is InChI=1S/C28H32FNO6/c1-16-12-21-20-5-4-18-13-19(31)6-9-25(18,2)27(20,29)22(32)14-26(21,3)28(16,35)23(33)15-36-24(34)17-7-10-30-11-8-17/h6-11,13,16,20-22,32,35H,4-5,12,14-15H2,1-3H3/t16-,20-,21-,22-,25-,26-,27?,28-/m0/s1. The average molecular weight is 498 g/mol. The van der Waals surface area contributed by atoms with Crippen LogP contribution in [0, 0.1) is 28.6 Å². The molecule has 0 radical (unpaired) electrons. The number of halogens is 1. The molecule has 8 heteroatoms. The van der Waals surface area contributed by atoms with Gasteiger partial charge in [0.1, 0.15) is 5.60 Å². The smallest absolute Gasteiger partial charge is 0.338 e. The van der Waals surface area contributed by atoms with Crippen molar-refractivity contribution in [2.24, 2.45) is 28.6 Å². The Morgan fingerprint density at radius 3 is 2.61 bits per heavy atom. The first-order valence-corrected chi connectivity index (χ1v) is 12.5. The highest BCUT2D eigenvalue weighted by Crippen LogP contribution is 2.70. The first-order valence-electron chi connectivity index (χ1n) is 12.5. The van der Waals surface area contributed by atoms with E-state index in [4.69, 9.17) is 4.74 Å². The van der Waals surface area contributed by atoms with Crippen molar-refractivity contribution in [3.8, 4) is 0 Å². The molecule has 2 N–H and O–H groups in total. The van der Waals surface area contributed by atoms with Gasteiger partial charge in [0.05, 0.1) is 11.7 Å². The first-order chi connectivity index (χ1) is 16.9. The van der Waals surface area contributed by atoms with Crippen molar-refractivity contribution in [3.05, 3.63) is 53.9 Å². The van der Waals surface area contributed by atoms with Gasteiger partial charge in [-0.1, -0.05) is 25.5 Å². The summed E-state index contributed by atoms with van der Waals surface area (Å²) in [6, 6.07) is 2.93. The molecule has 0 aliphatic heterocycles. The van der Waals surface area contributed by atoms with E-state index in [-0.39, 0.29) is 23.7 Å². The van der Waals surface area contributed by atoms with Gasteiger partial charge >= 0.3 is 5.97 Å². The monoisotopic (exact) mass is 497 g/mol. The van der Waals surface area contributed by atoms with E-state index in [1.54, 1.807) is 26.8 Å². The van der Waals surface area contributed by atoms with Gasteiger partial charge < -0.3 is 14.9 Å². The van der Waals surface area contributed by atoms with Gasteiger partial charge in [0.25, 0.3) is 0 Å². The van der Waals surface area contributed by atoms with Crippen LogP contribution >= 0.6 is 0 Å². The van der Waals surface area contributed by atoms with Gasteiger partial charge in [0, 0.05) is 29.1 Å². The number of carbonyl (C=O) groups is 3. The maximum absolute atomic E-state index is 17.2. The number of aromatic nitrogens is 1. The molecule has 7 nitrogen and oxygen atoms in total. The molecule has 0 amide bonds. The SMILES string of the molecule is C[C@H]1C[C@H]2[C@@H]3CCC4=CC(=O)C=C[C@]4(C)C3(F)[C@@H](O)C[C@]2(C)[C@@]1(O)C(=O)COC(=O)c1ccncc1. The van der Waals surface area contributed by atoms with Crippen molar-refractivity contribution >= 4 is 17.5 Å². The molecule has 36 heavy (non-hydrogen) atoms. The summed E-state index contributed by atoms with van der Waals surface area (Å²) < 4.78 is 22.4. The molecule has 0 aromatic carbocycles. The topological polar surface area (TPSA) is 114 Å². The Hall–Kier alpha value is -2.71. The van der Waals surface area contributed by atoms with Gasteiger partial charge in [-0.25, -0.2) is 9.18 Å². The first kappa shape index (κ1) is 25.0. The minimum Gasteiger partial charge on any atom is -0.454 e. The lowest BCUT2D eigenvalue weighted by Gasteiger charge is -2.62. The second-order valence-corrected chi connectivity index (χ2v) is 11.4. The minimum atomic E-state index is -2.04. The lowest BCUT2D eigenvalue weighted by Crippen LogP contribution is -2.69. The Morgan fingerprint density at radius 1 is 1.22 bits per heavy atom. The van der Waals surface area contributed by atoms with E-state index < -0.39 is 58.4 Å². The maximum Gasteiger partial charge on any atom is 0.338 e. The highest BCUT2D eigenvalue weighted by molar-refractivity contribution is 6.01. The second kappa shape index (κ2) is 8.15. The third-order valence-electron chi connectivity index (χ3n) is 9.90. The second-order valence-electron chi connectivity index (χ2n) is 11.4. The number of hydrogen-bond donors (Lipinski definition) is 2. The summed E-state index contributed by atoms with van der Waals surface area (Å²) in [6.07, 6.45) is 7.03. The number of carbonyl (C=O) groups excluding carboxylic acids is 3. The summed E-state index contributed by atoms with van der Waals surface area (Å²) in [6.45, 7) is 4.61. The summed E-state index contributed by atoms with van der Waals surface area (Å²) in [5.41, 5.74) is -5.27. The Morgan fingerprint density at radius 2 is 1.92 bits per heavy atom. The van der Waals surface area contributed by atoms with E-state index in [1.807, 2.05) is 0 Å². The summed E-state index contributed by atoms with van der Waals surface area (Å²) in [4.78, 5) is 41.7. The van der Waals surface area contributed by atoms with Crippen LogP contribution in [0.3, 0.4) is 0 Å². The van der Waals surface area contributed by atoms with Gasteiger partial charge in [-0.15, -0.1) is 0 Å². The Balaban J connectivity index is 1.44. The number of ketones is 2. The fourth-order valence-electron chi connectivity index (χ4n) is 7.95. The van der Waals surface area contributed by atoms with Crippen LogP contribution in [0.5, 0.6) is 0 Å². The molecular formula is C28H32FNO6. The van der Waals surface area contributed by atoms with Crippen molar-refractivity contribution in [2.75, 3.05) is 6.61 Å². The molecule has 8 atom stereocenters. The van der Waals surface area contributed by atoms with E-state index in [2.05, 4.69) is 4.98 Å². The summed E-state index contributed by atoms with van der Waals surface area (Å²) in [5, 5.41) is 23.3. The van der Waals surface area contributed by atoms with Crippen molar-refractivity contribution in [1.29, 1.82) is 0 Å². The molecule has 0 spiro atoms. The molecule has 3 fully saturated rings. The minimum absolute atomic E-state index is 0.125. The number of fused-ring (bicyclic) bond motifs is 5. The molecule has 1 heterocycles. The van der Waals surface area contributed by atoms with Gasteiger partial charge in [0.2, 0.25) is 5.78 Å². The number of alkyl halides is 1. The number of Topliss-reactive ketones (excluding diaryl/α,β-unsaturated/α-hetero) is 1. The Bertz CT molecular complexity index is 1180. The maximum atomic E-state index is 17.2. The third kappa shape index (κ3) is 3.10. The Labute approximate surface area is 209 Å². The van der Waals surface area contributed by atoms with E-state index in [1.165, 1.54) is 36.7 Å². The highest BCUT2D eigenvalue weighted by atomic mass is 19.1. The largest absolute Gasteiger partial charge is 0.454 e. The number of allylic oxidation sites excluding steroid dienone is 4. The summed E-state index contributed by atoms with van der Waals surface area (Å²) >= 11 is 0. The van der Waals surface area contributed by atoms with Crippen molar-refractivity contribution in [3.63, 3.8) is 0 Å². The van der Waals surface area contributed by atoms with Crippen LogP contribution < -0.4 is 0 Å². The van der Waals surface area contributed by atoms with Crippen LogP contribution in [0.2, 0.25) is 0 Å². The van der Waals surface area contributed by atoms with Crippen molar-refractivity contribution in [2.45, 2.75) is 63.8 Å². The van der Waals surface area contributed by atoms with Gasteiger partial charge in [-0.2, -0.15) is 0 Å². The lowest BCUT2D eigenvalue weighted by atomic mass is 9.44. The van der Waals surface area contributed by atoms with Crippen LogP contribution in [-0.4, -0.2) is 56.7 Å². The summed E-state index contributed by atoms with van der Waals surface area (Å²) in [5.74, 6) is -3.05. The zero-order valence-electron chi connectivity index (χ0n) is 20.7. The van der Waals surface area contributed by atoms with Crippen LogP contribution in [0.1, 0.15) is 56.8 Å². The molecule has 0 saturated heterocycles. The van der Waals surface area contributed by atoms with Crippen LogP contribution in [0.25, 0.3) is 0 Å². The number of aliphatic hydroxyl groups excluding tert-OH is 1. The lowest BCUT2D eigenvalue weighted by molar-refractivity contribution is -0.219. The van der Waals surface area contributed by atoms with Crippen molar-refractivity contribution < 1.29 is 33.7 Å². The number of rotatable bonds is 4. The van der Waals surface area contributed by atoms with Gasteiger partial charge in [-0.05, 0) is 68.7 Å². The number of esters is 1. The zero-order chi connectivity index (χ0) is 26.1. The van der Waals surface area contributed by atoms with E-state index >= 15 is 4.39 Å². The number of hydrogen-bond acceptors (Lipinski definition) is 7. The highest BCUT2D eigenvalue weighted by Gasteiger charge is 2.75. The fraction of sp³-hybridized carbons (Fsp3) is 0.571. The predicted molar refractivity (Wildman–Crippen MR) is 127 cm³/mol. The number of aliphatic hydroxyl groups is 2. The molecule has 1 aromatic heterocycles. The fourth-order valence-corrected chi connectivity index (χ4v) is 7.95. The molecule has 0 bridgehead atoms. The van der Waals surface area contributed by atoms with E-state index in [0.29, 0.717) is 24.8 Å². The Kier molecular flexibility index (Phi) is 5.65. The number of pyridine rings is 1. The quantitative estimate of drug-likeness (QED) is 0.615. The van der Waals surface area contributed by atoms with Gasteiger partial charge in [-0.3, -0.25) is 14.6 Å². The molecule has 3 saturated carbocycles. The van der Waals surface area contributed by atoms with E-state index in [0.717, 1.165) is 0 Å².